The van der Waals surface area contributed by atoms with Crippen molar-refractivity contribution in [2.45, 2.75) is 6.42 Å². The Morgan fingerprint density at radius 1 is 0.958 bits per heavy atom. The Bertz CT molecular complexity index is 830. The van der Waals surface area contributed by atoms with Gasteiger partial charge in [-0.3, -0.25) is 4.79 Å². The van der Waals surface area contributed by atoms with Crippen molar-refractivity contribution in [1.29, 1.82) is 0 Å². The number of benzene rings is 3. The summed E-state index contributed by atoms with van der Waals surface area (Å²) in [6, 6.07) is 19.9. The lowest BCUT2D eigenvalue weighted by molar-refractivity contribution is -0.120. The number of amides is 1. The number of fused-ring (bicyclic) bond motifs is 1. The molecule has 0 bridgehead atoms. The van der Waals surface area contributed by atoms with Crippen molar-refractivity contribution >= 4 is 16.7 Å². The van der Waals surface area contributed by atoms with E-state index in [-0.39, 0.29) is 18.1 Å². The molecular weight excluding hydrogens is 305 g/mol. The number of hydrogen-bond acceptors (Lipinski definition) is 2. The van der Waals surface area contributed by atoms with E-state index in [1.54, 1.807) is 12.1 Å². The molecule has 0 saturated carbocycles. The molecule has 3 aromatic carbocycles. The van der Waals surface area contributed by atoms with E-state index in [2.05, 4.69) is 11.4 Å². The van der Waals surface area contributed by atoms with Gasteiger partial charge in [0.15, 0.2) is 0 Å². The third-order valence-electron chi connectivity index (χ3n) is 3.69. The highest BCUT2D eigenvalue weighted by molar-refractivity contribution is 5.83. The van der Waals surface area contributed by atoms with Crippen molar-refractivity contribution in [3.8, 4) is 5.75 Å². The minimum Gasteiger partial charge on any atom is -0.492 e. The summed E-state index contributed by atoms with van der Waals surface area (Å²) in [6.07, 6.45) is 0.232. The van der Waals surface area contributed by atoms with Crippen LogP contribution in [0.4, 0.5) is 4.39 Å². The largest absolute Gasteiger partial charge is 0.492 e. The lowest BCUT2D eigenvalue weighted by Gasteiger charge is -2.09. The summed E-state index contributed by atoms with van der Waals surface area (Å²) < 4.78 is 18.5. The standard InChI is InChI=1S/C20H18FNO2/c21-18-8-5-15(6-9-18)13-20(23)22-11-12-24-19-10-7-16-3-1-2-4-17(16)14-19/h1-10,14H,11-13H2,(H,22,23). The number of carbonyl (C=O) groups is 1. The molecule has 0 fully saturated rings. The van der Waals surface area contributed by atoms with Crippen LogP contribution in [0.5, 0.6) is 5.75 Å². The molecule has 0 saturated heterocycles. The van der Waals surface area contributed by atoms with E-state index in [4.69, 9.17) is 4.74 Å². The zero-order chi connectivity index (χ0) is 16.8. The molecule has 3 nitrogen and oxygen atoms in total. The van der Waals surface area contributed by atoms with Crippen LogP contribution in [0.2, 0.25) is 0 Å². The van der Waals surface area contributed by atoms with Gasteiger partial charge in [-0.2, -0.15) is 0 Å². The highest BCUT2D eigenvalue weighted by Gasteiger charge is 2.03. The molecule has 0 radical (unpaired) electrons. The quantitative estimate of drug-likeness (QED) is 0.702. The fourth-order valence-electron chi connectivity index (χ4n) is 2.47. The van der Waals surface area contributed by atoms with Crippen molar-refractivity contribution in [1.82, 2.24) is 5.32 Å². The SMILES string of the molecule is O=C(Cc1ccc(F)cc1)NCCOc1ccc2ccccc2c1. The van der Waals surface area contributed by atoms with E-state index < -0.39 is 0 Å². The van der Waals surface area contributed by atoms with Gasteiger partial charge in [-0.05, 0) is 40.6 Å². The first kappa shape index (κ1) is 16.0. The van der Waals surface area contributed by atoms with Crippen molar-refractivity contribution in [2.75, 3.05) is 13.2 Å². The maximum atomic E-state index is 12.8. The van der Waals surface area contributed by atoms with Crippen LogP contribution in [0.1, 0.15) is 5.56 Å². The minimum atomic E-state index is -0.303. The Hall–Kier alpha value is -2.88. The Labute approximate surface area is 140 Å². The van der Waals surface area contributed by atoms with Gasteiger partial charge in [-0.1, -0.05) is 42.5 Å². The van der Waals surface area contributed by atoms with Crippen LogP contribution in [0.25, 0.3) is 10.8 Å². The Balaban J connectivity index is 1.44. The molecule has 24 heavy (non-hydrogen) atoms. The Morgan fingerprint density at radius 3 is 2.50 bits per heavy atom. The monoisotopic (exact) mass is 323 g/mol. The van der Waals surface area contributed by atoms with Gasteiger partial charge in [0.1, 0.15) is 18.2 Å². The molecule has 0 aromatic heterocycles. The second-order valence-electron chi connectivity index (χ2n) is 5.51. The molecule has 1 N–H and O–H groups in total. The van der Waals surface area contributed by atoms with Gasteiger partial charge < -0.3 is 10.1 Å². The van der Waals surface area contributed by atoms with Crippen molar-refractivity contribution < 1.29 is 13.9 Å². The summed E-state index contributed by atoms with van der Waals surface area (Å²) in [5.41, 5.74) is 0.782. The van der Waals surface area contributed by atoms with Crippen molar-refractivity contribution in [2.24, 2.45) is 0 Å². The van der Waals surface area contributed by atoms with Gasteiger partial charge in [-0.15, -0.1) is 0 Å². The summed E-state index contributed by atoms with van der Waals surface area (Å²) in [7, 11) is 0. The fraction of sp³-hybridized carbons (Fsp3) is 0.150. The molecule has 0 spiro atoms. The number of nitrogens with one attached hydrogen (secondary N) is 1. The van der Waals surface area contributed by atoms with Crippen LogP contribution in [0.15, 0.2) is 66.7 Å². The van der Waals surface area contributed by atoms with Crippen LogP contribution in [-0.4, -0.2) is 19.1 Å². The van der Waals surface area contributed by atoms with Gasteiger partial charge in [0, 0.05) is 0 Å². The summed E-state index contributed by atoms with van der Waals surface area (Å²) >= 11 is 0. The van der Waals surface area contributed by atoms with Gasteiger partial charge in [0.05, 0.1) is 13.0 Å². The summed E-state index contributed by atoms with van der Waals surface area (Å²) in [5, 5.41) is 5.08. The lowest BCUT2D eigenvalue weighted by Crippen LogP contribution is -2.29. The van der Waals surface area contributed by atoms with Crippen LogP contribution < -0.4 is 10.1 Å². The fourth-order valence-corrected chi connectivity index (χ4v) is 2.47. The van der Waals surface area contributed by atoms with Crippen molar-refractivity contribution in [3.63, 3.8) is 0 Å². The Morgan fingerprint density at radius 2 is 1.71 bits per heavy atom. The maximum absolute atomic E-state index is 12.8. The molecule has 0 aliphatic heterocycles. The first-order valence-electron chi connectivity index (χ1n) is 7.83. The smallest absolute Gasteiger partial charge is 0.224 e. The second-order valence-corrected chi connectivity index (χ2v) is 5.51. The number of rotatable bonds is 6. The zero-order valence-corrected chi connectivity index (χ0v) is 13.2. The normalized spacial score (nSPS) is 10.5. The Kier molecular flexibility index (Phi) is 5.06. The van der Waals surface area contributed by atoms with E-state index in [1.165, 1.54) is 12.1 Å². The molecule has 0 atom stereocenters. The molecule has 3 rings (SSSR count). The van der Waals surface area contributed by atoms with E-state index in [0.29, 0.717) is 13.2 Å². The molecule has 0 unspecified atom stereocenters. The molecule has 1 amide bonds. The van der Waals surface area contributed by atoms with Gasteiger partial charge in [0.2, 0.25) is 5.91 Å². The average molecular weight is 323 g/mol. The topological polar surface area (TPSA) is 38.3 Å². The molecular formula is C20H18FNO2. The number of carbonyl (C=O) groups excluding carboxylic acids is 1. The average Bonchev–Trinajstić information content (AvgIpc) is 2.60. The van der Waals surface area contributed by atoms with Crippen molar-refractivity contribution in [3.05, 3.63) is 78.1 Å². The molecule has 0 aliphatic carbocycles. The highest BCUT2D eigenvalue weighted by Crippen LogP contribution is 2.20. The van der Waals surface area contributed by atoms with Gasteiger partial charge >= 0.3 is 0 Å². The molecule has 122 valence electrons. The molecule has 0 heterocycles. The van der Waals surface area contributed by atoms with E-state index in [0.717, 1.165) is 22.1 Å². The molecule has 4 heteroatoms. The summed E-state index contributed by atoms with van der Waals surface area (Å²) in [5.74, 6) is 0.369. The highest BCUT2D eigenvalue weighted by atomic mass is 19.1. The van der Waals surface area contributed by atoms with E-state index >= 15 is 0 Å². The minimum absolute atomic E-state index is 0.108. The third-order valence-corrected chi connectivity index (χ3v) is 3.69. The van der Waals surface area contributed by atoms with Crippen LogP contribution in [0, 0.1) is 5.82 Å². The summed E-state index contributed by atoms with van der Waals surface area (Å²) in [6.45, 7) is 0.820. The molecule has 3 aromatic rings. The second kappa shape index (κ2) is 7.59. The first-order chi connectivity index (χ1) is 11.7. The first-order valence-corrected chi connectivity index (χ1v) is 7.83. The van der Waals surface area contributed by atoms with Gasteiger partial charge in [0.25, 0.3) is 0 Å². The maximum Gasteiger partial charge on any atom is 0.224 e. The lowest BCUT2D eigenvalue weighted by atomic mass is 10.1. The van der Waals surface area contributed by atoms with E-state index in [9.17, 15) is 9.18 Å². The van der Waals surface area contributed by atoms with Gasteiger partial charge in [-0.25, -0.2) is 4.39 Å². The predicted octanol–water partition coefficient (Wildman–Crippen LogP) is 3.72. The summed E-state index contributed by atoms with van der Waals surface area (Å²) in [4.78, 5) is 11.8. The van der Waals surface area contributed by atoms with Crippen LogP contribution in [-0.2, 0) is 11.2 Å². The zero-order valence-electron chi connectivity index (χ0n) is 13.2. The molecule has 0 aliphatic rings. The number of halogens is 1. The predicted molar refractivity (Wildman–Crippen MR) is 92.6 cm³/mol. The van der Waals surface area contributed by atoms with E-state index in [1.807, 2.05) is 36.4 Å². The third kappa shape index (κ3) is 4.32. The van der Waals surface area contributed by atoms with Crippen LogP contribution in [0.3, 0.4) is 0 Å². The number of ether oxygens (including phenoxy) is 1. The van der Waals surface area contributed by atoms with Crippen LogP contribution >= 0.6 is 0 Å². The number of hydrogen-bond donors (Lipinski definition) is 1.